The summed E-state index contributed by atoms with van der Waals surface area (Å²) in [6, 6.07) is 11.3. The Morgan fingerprint density at radius 2 is 1.79 bits per heavy atom. The molecule has 7 nitrogen and oxygen atoms in total. The third-order valence-electron chi connectivity index (χ3n) is 3.81. The van der Waals surface area contributed by atoms with Crippen LogP contribution in [0.2, 0.25) is 0 Å². The van der Waals surface area contributed by atoms with E-state index in [1.165, 1.54) is 12.1 Å². The lowest BCUT2D eigenvalue weighted by Crippen LogP contribution is -2.13. The van der Waals surface area contributed by atoms with Crippen molar-refractivity contribution in [2.75, 3.05) is 11.9 Å². The lowest BCUT2D eigenvalue weighted by Gasteiger charge is -2.23. The molecule has 0 fully saturated rings. The van der Waals surface area contributed by atoms with Gasteiger partial charge in [0.25, 0.3) is 11.4 Å². The number of anilines is 1. The van der Waals surface area contributed by atoms with Crippen molar-refractivity contribution >= 4 is 28.7 Å². The quantitative estimate of drug-likeness (QED) is 0.629. The highest BCUT2D eigenvalue weighted by molar-refractivity contribution is 5.95. The number of allylic oxidation sites excluding steroid dienone is 2. The highest BCUT2D eigenvalue weighted by Gasteiger charge is 2.20. The van der Waals surface area contributed by atoms with E-state index in [0.29, 0.717) is 5.56 Å². The van der Waals surface area contributed by atoms with Crippen LogP contribution in [0.4, 0.5) is 17.1 Å². The molecule has 0 saturated carbocycles. The van der Waals surface area contributed by atoms with Gasteiger partial charge in [-0.25, -0.2) is 0 Å². The first-order valence-electron chi connectivity index (χ1n) is 7.12. The minimum atomic E-state index is -0.644. The zero-order valence-electron chi connectivity index (χ0n) is 12.7. The Balaban J connectivity index is 2.14. The minimum Gasteiger partial charge on any atom is -0.351 e. The number of nitrogens with zero attached hydrogens (tertiary/aromatic N) is 3. The van der Waals surface area contributed by atoms with E-state index >= 15 is 0 Å². The highest BCUT2D eigenvalue weighted by atomic mass is 16.6. The SMILES string of the molecule is CN1C=CC(=Cc2ccc([N+](=O)[O-])cc2[N+](=O)[O-])c2ccccc21. The second-order valence-electron chi connectivity index (χ2n) is 5.30. The highest BCUT2D eigenvalue weighted by Crippen LogP contribution is 2.35. The molecule has 2 aromatic carbocycles. The van der Waals surface area contributed by atoms with Gasteiger partial charge in [-0.2, -0.15) is 0 Å². The topological polar surface area (TPSA) is 89.5 Å². The molecule has 2 aromatic rings. The van der Waals surface area contributed by atoms with Crippen molar-refractivity contribution in [3.8, 4) is 0 Å². The van der Waals surface area contributed by atoms with Gasteiger partial charge in [-0.15, -0.1) is 0 Å². The Kier molecular flexibility index (Phi) is 3.83. The van der Waals surface area contributed by atoms with Gasteiger partial charge in [0.1, 0.15) is 0 Å². The van der Waals surface area contributed by atoms with Crippen LogP contribution in [0.5, 0.6) is 0 Å². The van der Waals surface area contributed by atoms with Crippen LogP contribution in [-0.4, -0.2) is 16.9 Å². The molecule has 0 unspecified atom stereocenters. The second kappa shape index (κ2) is 5.96. The second-order valence-corrected chi connectivity index (χ2v) is 5.30. The number of non-ortho nitro benzene ring substituents is 1. The lowest BCUT2D eigenvalue weighted by molar-refractivity contribution is -0.394. The Morgan fingerprint density at radius 3 is 2.50 bits per heavy atom. The summed E-state index contributed by atoms with van der Waals surface area (Å²) in [5, 5.41) is 22.1. The monoisotopic (exact) mass is 323 g/mol. The van der Waals surface area contributed by atoms with Crippen LogP contribution >= 0.6 is 0 Å². The molecule has 0 amide bonds. The molecule has 7 heteroatoms. The minimum absolute atomic E-state index is 0.290. The summed E-state index contributed by atoms with van der Waals surface area (Å²) >= 11 is 0. The summed E-state index contributed by atoms with van der Waals surface area (Å²) in [5.41, 5.74) is 2.46. The van der Waals surface area contributed by atoms with Gasteiger partial charge >= 0.3 is 0 Å². The van der Waals surface area contributed by atoms with Gasteiger partial charge in [0.2, 0.25) is 0 Å². The molecule has 0 spiro atoms. The van der Waals surface area contributed by atoms with Crippen LogP contribution in [0.1, 0.15) is 11.1 Å². The van der Waals surface area contributed by atoms with Gasteiger partial charge in [0.15, 0.2) is 0 Å². The maximum Gasteiger partial charge on any atom is 0.283 e. The molecule has 0 bridgehead atoms. The number of rotatable bonds is 3. The molecule has 24 heavy (non-hydrogen) atoms. The van der Waals surface area contributed by atoms with Crippen LogP contribution < -0.4 is 4.90 Å². The fourth-order valence-corrected chi connectivity index (χ4v) is 2.61. The molecule has 0 N–H and O–H groups in total. The van der Waals surface area contributed by atoms with Crippen LogP contribution in [-0.2, 0) is 0 Å². The number of nitro benzene ring substituents is 2. The average Bonchev–Trinajstić information content (AvgIpc) is 2.57. The first-order valence-corrected chi connectivity index (χ1v) is 7.12. The molecule has 0 aromatic heterocycles. The number of para-hydroxylation sites is 1. The number of nitro groups is 2. The average molecular weight is 323 g/mol. The van der Waals surface area contributed by atoms with Crippen molar-refractivity contribution in [3.63, 3.8) is 0 Å². The van der Waals surface area contributed by atoms with E-state index in [-0.39, 0.29) is 11.4 Å². The normalized spacial score (nSPS) is 14.5. The lowest BCUT2D eigenvalue weighted by atomic mass is 9.97. The molecular weight excluding hydrogens is 310 g/mol. The van der Waals surface area contributed by atoms with Crippen molar-refractivity contribution in [1.29, 1.82) is 0 Å². The maximum absolute atomic E-state index is 11.3. The fourth-order valence-electron chi connectivity index (χ4n) is 2.61. The Morgan fingerprint density at radius 1 is 1.04 bits per heavy atom. The molecular formula is C17H13N3O4. The summed E-state index contributed by atoms with van der Waals surface area (Å²) < 4.78 is 0. The Bertz CT molecular complexity index is 902. The summed E-state index contributed by atoms with van der Waals surface area (Å²) in [6.45, 7) is 0. The van der Waals surface area contributed by atoms with E-state index < -0.39 is 9.85 Å². The molecule has 1 aliphatic rings. The summed E-state index contributed by atoms with van der Waals surface area (Å²) in [4.78, 5) is 22.8. The zero-order chi connectivity index (χ0) is 17.3. The van der Waals surface area contributed by atoms with Gasteiger partial charge in [-0.05, 0) is 29.9 Å². The van der Waals surface area contributed by atoms with Crippen molar-refractivity contribution in [2.24, 2.45) is 0 Å². The van der Waals surface area contributed by atoms with Gasteiger partial charge < -0.3 is 4.90 Å². The fraction of sp³-hybridized carbons (Fsp3) is 0.0588. The van der Waals surface area contributed by atoms with E-state index in [9.17, 15) is 20.2 Å². The number of fused-ring (bicyclic) bond motifs is 1. The summed E-state index contributed by atoms with van der Waals surface area (Å²) in [6.07, 6.45) is 5.39. The molecule has 0 saturated heterocycles. The largest absolute Gasteiger partial charge is 0.351 e. The predicted octanol–water partition coefficient (Wildman–Crippen LogP) is 4.01. The first-order chi connectivity index (χ1) is 11.5. The first kappa shape index (κ1) is 15.4. The van der Waals surface area contributed by atoms with Crippen molar-refractivity contribution in [1.82, 2.24) is 0 Å². The molecule has 0 aliphatic carbocycles. The van der Waals surface area contributed by atoms with Gasteiger partial charge in [0, 0.05) is 30.6 Å². The van der Waals surface area contributed by atoms with Crippen molar-refractivity contribution in [2.45, 2.75) is 0 Å². The summed E-state index contributed by atoms with van der Waals surface area (Å²) in [5.74, 6) is 0. The molecule has 0 atom stereocenters. The smallest absolute Gasteiger partial charge is 0.283 e. The van der Waals surface area contributed by atoms with Crippen LogP contribution in [0.15, 0.2) is 54.7 Å². The number of hydrogen-bond donors (Lipinski definition) is 0. The maximum atomic E-state index is 11.3. The van der Waals surface area contributed by atoms with Crippen molar-refractivity contribution < 1.29 is 9.85 Å². The Hall–Kier alpha value is -3.48. The molecule has 0 radical (unpaired) electrons. The third kappa shape index (κ3) is 2.74. The van der Waals surface area contributed by atoms with Gasteiger partial charge in [-0.1, -0.05) is 18.2 Å². The number of hydrogen-bond acceptors (Lipinski definition) is 5. The molecule has 1 aliphatic heterocycles. The Labute approximate surface area is 137 Å². The predicted molar refractivity (Wildman–Crippen MR) is 91.6 cm³/mol. The van der Waals surface area contributed by atoms with Gasteiger partial charge in [-0.3, -0.25) is 20.2 Å². The number of benzene rings is 2. The molecule has 120 valence electrons. The zero-order valence-corrected chi connectivity index (χ0v) is 12.7. The standard InChI is InChI=1S/C17H13N3O4/c1-18-9-8-12(15-4-2-3-5-16(15)18)10-13-6-7-14(19(21)22)11-17(13)20(23)24/h2-11H,1H3. The van der Waals surface area contributed by atoms with E-state index in [0.717, 1.165) is 22.9 Å². The summed E-state index contributed by atoms with van der Waals surface area (Å²) in [7, 11) is 1.92. The van der Waals surface area contributed by atoms with Crippen LogP contribution in [0.3, 0.4) is 0 Å². The third-order valence-corrected chi connectivity index (χ3v) is 3.81. The van der Waals surface area contributed by atoms with E-state index in [4.69, 9.17) is 0 Å². The van der Waals surface area contributed by atoms with E-state index in [1.807, 2.05) is 48.5 Å². The van der Waals surface area contributed by atoms with Gasteiger partial charge in [0.05, 0.1) is 21.5 Å². The van der Waals surface area contributed by atoms with Crippen LogP contribution in [0.25, 0.3) is 11.6 Å². The van der Waals surface area contributed by atoms with Crippen LogP contribution in [0, 0.1) is 20.2 Å². The molecule has 3 rings (SSSR count). The van der Waals surface area contributed by atoms with Crippen molar-refractivity contribution in [3.05, 3.63) is 86.1 Å². The molecule has 1 heterocycles. The van der Waals surface area contributed by atoms with E-state index in [1.54, 1.807) is 6.08 Å². The van der Waals surface area contributed by atoms with E-state index in [2.05, 4.69) is 0 Å².